The molecule has 56 valence electrons. The molecule has 2 heteroatoms. The topological polar surface area (TPSA) is 37.3 Å². The second-order valence-electron chi connectivity index (χ2n) is 2.78. The van der Waals surface area contributed by atoms with Crippen molar-refractivity contribution in [3.63, 3.8) is 0 Å². The van der Waals surface area contributed by atoms with Crippen LogP contribution < -0.4 is 0 Å². The highest BCUT2D eigenvalue weighted by Gasteiger charge is 2.17. The molecule has 0 aromatic carbocycles. The van der Waals surface area contributed by atoms with Crippen molar-refractivity contribution in [2.75, 3.05) is 0 Å². The molecule has 0 saturated carbocycles. The summed E-state index contributed by atoms with van der Waals surface area (Å²) in [5.74, 6) is 0.691. The first-order chi connectivity index (χ1) is 4.72. The van der Waals surface area contributed by atoms with Gasteiger partial charge in [0.15, 0.2) is 5.78 Å². The fourth-order valence-corrected chi connectivity index (χ4v) is 1.24. The van der Waals surface area contributed by atoms with E-state index in [0.29, 0.717) is 18.8 Å². The molecule has 1 N–H and O–H groups in total. The Morgan fingerprint density at radius 1 is 1.70 bits per heavy atom. The molecular weight excluding hydrogens is 128 g/mol. The Kier molecular flexibility index (Phi) is 2.10. The minimum atomic E-state index is 0.0654. The maximum absolute atomic E-state index is 10.8. The quantitative estimate of drug-likeness (QED) is 0.603. The van der Waals surface area contributed by atoms with Crippen molar-refractivity contribution < 1.29 is 9.90 Å². The van der Waals surface area contributed by atoms with Gasteiger partial charge < -0.3 is 5.11 Å². The molecule has 0 spiro atoms. The Bertz CT molecular complexity index is 170. The Labute approximate surface area is 60.6 Å². The minimum Gasteiger partial charge on any atom is -0.512 e. The Balaban J connectivity index is 2.60. The Morgan fingerprint density at radius 2 is 2.40 bits per heavy atom. The van der Waals surface area contributed by atoms with E-state index in [1.165, 1.54) is 6.08 Å². The molecule has 0 aliphatic heterocycles. The summed E-state index contributed by atoms with van der Waals surface area (Å²) in [6, 6.07) is 0. The van der Waals surface area contributed by atoms with Gasteiger partial charge in [-0.1, -0.05) is 13.3 Å². The molecular formula is C8H12O2. The second-order valence-corrected chi connectivity index (χ2v) is 2.78. The van der Waals surface area contributed by atoms with Gasteiger partial charge in [-0.3, -0.25) is 4.79 Å². The molecule has 0 aromatic rings. The number of ketones is 1. The highest BCUT2D eigenvalue weighted by atomic mass is 16.3. The van der Waals surface area contributed by atoms with E-state index in [4.69, 9.17) is 5.11 Å². The molecule has 0 radical (unpaired) electrons. The van der Waals surface area contributed by atoms with Crippen LogP contribution in [-0.2, 0) is 4.79 Å². The first-order valence-electron chi connectivity index (χ1n) is 3.64. The molecule has 1 rings (SSSR count). The van der Waals surface area contributed by atoms with Crippen LogP contribution in [0.2, 0.25) is 0 Å². The largest absolute Gasteiger partial charge is 0.512 e. The van der Waals surface area contributed by atoms with Crippen LogP contribution in [0.3, 0.4) is 0 Å². The normalized spacial score (nSPS) is 26.3. The van der Waals surface area contributed by atoms with Crippen molar-refractivity contribution in [3.05, 3.63) is 11.8 Å². The molecule has 1 unspecified atom stereocenters. The third kappa shape index (κ3) is 1.59. The van der Waals surface area contributed by atoms with E-state index < -0.39 is 0 Å². The molecule has 0 heterocycles. The van der Waals surface area contributed by atoms with Gasteiger partial charge in [0.2, 0.25) is 0 Å². The van der Waals surface area contributed by atoms with Crippen LogP contribution in [0.15, 0.2) is 11.8 Å². The van der Waals surface area contributed by atoms with Gasteiger partial charge in [-0.15, -0.1) is 0 Å². The first kappa shape index (κ1) is 7.32. The van der Waals surface area contributed by atoms with Crippen LogP contribution in [0, 0.1) is 5.92 Å². The Morgan fingerprint density at radius 3 is 2.90 bits per heavy atom. The van der Waals surface area contributed by atoms with Crippen molar-refractivity contribution in [1.82, 2.24) is 0 Å². The number of rotatable bonds is 1. The minimum absolute atomic E-state index is 0.0654. The number of carbonyl (C=O) groups is 1. The highest BCUT2D eigenvalue weighted by molar-refractivity contribution is 5.91. The van der Waals surface area contributed by atoms with Crippen molar-refractivity contribution >= 4 is 5.78 Å². The van der Waals surface area contributed by atoms with Crippen molar-refractivity contribution in [3.8, 4) is 0 Å². The highest BCUT2D eigenvalue weighted by Crippen LogP contribution is 2.22. The van der Waals surface area contributed by atoms with Gasteiger partial charge in [0.25, 0.3) is 0 Å². The number of hydrogen-bond donors (Lipinski definition) is 1. The van der Waals surface area contributed by atoms with Crippen LogP contribution >= 0.6 is 0 Å². The fourth-order valence-electron chi connectivity index (χ4n) is 1.24. The van der Waals surface area contributed by atoms with Gasteiger partial charge in [-0.25, -0.2) is 0 Å². The predicted molar refractivity (Wildman–Crippen MR) is 38.7 cm³/mol. The summed E-state index contributed by atoms with van der Waals surface area (Å²) in [6.07, 6.45) is 3.61. The van der Waals surface area contributed by atoms with Crippen LogP contribution in [0.1, 0.15) is 26.2 Å². The third-order valence-corrected chi connectivity index (χ3v) is 1.89. The van der Waals surface area contributed by atoms with Gasteiger partial charge in [0.05, 0.1) is 5.76 Å². The summed E-state index contributed by atoms with van der Waals surface area (Å²) in [7, 11) is 0. The standard InChI is InChI=1S/C8H12O2/c1-2-6-3-7(9)5-8(10)4-6/h5-6,9H,2-4H2,1H3. The van der Waals surface area contributed by atoms with Gasteiger partial charge in [-0.2, -0.15) is 0 Å². The van der Waals surface area contributed by atoms with Crippen LogP contribution in [0.5, 0.6) is 0 Å². The molecule has 2 nitrogen and oxygen atoms in total. The van der Waals surface area contributed by atoms with E-state index in [9.17, 15) is 4.79 Å². The molecule has 1 aliphatic carbocycles. The Hall–Kier alpha value is -0.790. The average molecular weight is 140 g/mol. The number of aliphatic hydroxyl groups excluding tert-OH is 1. The zero-order valence-electron chi connectivity index (χ0n) is 6.13. The summed E-state index contributed by atoms with van der Waals surface area (Å²) in [5, 5.41) is 9.02. The van der Waals surface area contributed by atoms with Crippen LogP contribution in [-0.4, -0.2) is 10.9 Å². The predicted octanol–water partition coefficient (Wildman–Crippen LogP) is 1.82. The van der Waals surface area contributed by atoms with E-state index in [-0.39, 0.29) is 11.5 Å². The lowest BCUT2D eigenvalue weighted by Gasteiger charge is -2.16. The fraction of sp³-hybridized carbons (Fsp3) is 0.625. The van der Waals surface area contributed by atoms with E-state index in [2.05, 4.69) is 0 Å². The number of aliphatic hydroxyl groups is 1. The zero-order chi connectivity index (χ0) is 7.56. The maximum Gasteiger partial charge on any atom is 0.159 e. The molecule has 0 fully saturated rings. The SMILES string of the molecule is CCC1CC(=O)C=C(O)C1. The van der Waals surface area contributed by atoms with E-state index in [1.807, 2.05) is 6.92 Å². The van der Waals surface area contributed by atoms with Gasteiger partial charge in [0.1, 0.15) is 0 Å². The molecule has 0 bridgehead atoms. The summed E-state index contributed by atoms with van der Waals surface area (Å²) >= 11 is 0. The first-order valence-corrected chi connectivity index (χ1v) is 3.64. The molecule has 0 saturated heterocycles. The van der Waals surface area contributed by atoms with Crippen molar-refractivity contribution in [2.45, 2.75) is 26.2 Å². The van der Waals surface area contributed by atoms with Gasteiger partial charge >= 0.3 is 0 Å². The van der Waals surface area contributed by atoms with E-state index >= 15 is 0 Å². The molecule has 0 amide bonds. The monoisotopic (exact) mass is 140 g/mol. The summed E-state index contributed by atoms with van der Waals surface area (Å²) in [6.45, 7) is 2.04. The second kappa shape index (κ2) is 2.86. The number of hydrogen-bond acceptors (Lipinski definition) is 2. The lowest BCUT2D eigenvalue weighted by atomic mass is 9.90. The average Bonchev–Trinajstić information content (AvgIpc) is 1.85. The zero-order valence-corrected chi connectivity index (χ0v) is 6.13. The van der Waals surface area contributed by atoms with Crippen LogP contribution in [0.4, 0.5) is 0 Å². The third-order valence-electron chi connectivity index (χ3n) is 1.89. The summed E-state index contributed by atoms with van der Waals surface area (Å²) in [5.41, 5.74) is 0. The molecule has 1 aliphatic rings. The molecule has 10 heavy (non-hydrogen) atoms. The summed E-state index contributed by atoms with van der Waals surface area (Å²) < 4.78 is 0. The lowest BCUT2D eigenvalue weighted by Crippen LogP contribution is -2.12. The van der Waals surface area contributed by atoms with Gasteiger partial charge in [0, 0.05) is 18.9 Å². The molecule has 1 atom stereocenters. The van der Waals surface area contributed by atoms with Crippen LogP contribution in [0.25, 0.3) is 0 Å². The number of allylic oxidation sites excluding steroid dienone is 2. The maximum atomic E-state index is 10.8. The lowest BCUT2D eigenvalue weighted by molar-refractivity contribution is -0.116. The van der Waals surface area contributed by atoms with Gasteiger partial charge in [-0.05, 0) is 5.92 Å². The van der Waals surface area contributed by atoms with E-state index in [1.54, 1.807) is 0 Å². The summed E-state index contributed by atoms with van der Waals surface area (Å²) in [4.78, 5) is 10.8. The van der Waals surface area contributed by atoms with E-state index in [0.717, 1.165) is 6.42 Å². The van der Waals surface area contributed by atoms with Crippen molar-refractivity contribution in [1.29, 1.82) is 0 Å². The number of carbonyl (C=O) groups excluding carboxylic acids is 1. The van der Waals surface area contributed by atoms with Crippen molar-refractivity contribution in [2.24, 2.45) is 5.92 Å². The molecule has 0 aromatic heterocycles. The smallest absolute Gasteiger partial charge is 0.159 e.